The summed E-state index contributed by atoms with van der Waals surface area (Å²) in [4.78, 5) is 21.7. The van der Waals surface area contributed by atoms with Crippen LogP contribution < -0.4 is 10.6 Å². The number of nitrogen functional groups attached to an aromatic ring is 1. The number of rotatable bonds is 3. The zero-order chi connectivity index (χ0) is 13.8. The Morgan fingerprint density at radius 3 is 2.84 bits per heavy atom. The molecule has 0 aliphatic rings. The van der Waals surface area contributed by atoms with E-state index in [0.29, 0.717) is 28.6 Å². The van der Waals surface area contributed by atoms with E-state index in [0.717, 1.165) is 0 Å². The van der Waals surface area contributed by atoms with Crippen LogP contribution in [0.4, 0.5) is 17.2 Å². The molecule has 2 aromatic heterocycles. The molecule has 0 aromatic carbocycles. The van der Waals surface area contributed by atoms with Crippen LogP contribution in [0.5, 0.6) is 0 Å². The number of carbonyl (C=O) groups excluding carboxylic acids is 1. The molecule has 0 unspecified atom stereocenters. The van der Waals surface area contributed by atoms with Gasteiger partial charge in [0.25, 0.3) is 0 Å². The summed E-state index contributed by atoms with van der Waals surface area (Å²) in [6.07, 6.45) is 4.94. The SMILES string of the molecule is CCC(=O)N(c1cc(N)ccn1)c1ccncc1Cl. The van der Waals surface area contributed by atoms with Crippen molar-refractivity contribution in [3.8, 4) is 0 Å². The van der Waals surface area contributed by atoms with Crippen molar-refractivity contribution in [2.24, 2.45) is 0 Å². The highest BCUT2D eigenvalue weighted by Crippen LogP contribution is 2.31. The van der Waals surface area contributed by atoms with Gasteiger partial charge in [-0.25, -0.2) is 4.98 Å². The summed E-state index contributed by atoms with van der Waals surface area (Å²) in [7, 11) is 0. The smallest absolute Gasteiger partial charge is 0.232 e. The number of carbonyl (C=O) groups is 1. The lowest BCUT2D eigenvalue weighted by atomic mass is 10.3. The highest BCUT2D eigenvalue weighted by molar-refractivity contribution is 6.34. The van der Waals surface area contributed by atoms with Crippen LogP contribution in [0.25, 0.3) is 0 Å². The minimum absolute atomic E-state index is 0.119. The number of aromatic nitrogens is 2. The third kappa shape index (κ3) is 2.82. The van der Waals surface area contributed by atoms with Crippen molar-refractivity contribution in [1.29, 1.82) is 0 Å². The topological polar surface area (TPSA) is 72.1 Å². The van der Waals surface area contributed by atoms with Crippen LogP contribution in [0.3, 0.4) is 0 Å². The standard InChI is InChI=1S/C13H13ClN4O/c1-2-13(19)18(11-4-5-16-8-10(11)14)12-7-9(15)3-6-17-12/h3-8H,2H2,1H3,(H2,15,17). The quantitative estimate of drug-likeness (QED) is 0.936. The number of hydrogen-bond donors (Lipinski definition) is 1. The van der Waals surface area contributed by atoms with Gasteiger partial charge in [0.2, 0.25) is 5.91 Å². The molecule has 0 aliphatic heterocycles. The number of amides is 1. The van der Waals surface area contributed by atoms with Gasteiger partial charge in [-0.3, -0.25) is 14.7 Å². The fraction of sp³-hybridized carbons (Fsp3) is 0.154. The van der Waals surface area contributed by atoms with E-state index >= 15 is 0 Å². The van der Waals surface area contributed by atoms with Crippen molar-refractivity contribution in [1.82, 2.24) is 9.97 Å². The summed E-state index contributed by atoms with van der Waals surface area (Å²) in [5.74, 6) is 0.325. The maximum absolute atomic E-state index is 12.1. The molecule has 0 radical (unpaired) electrons. The van der Waals surface area contributed by atoms with Crippen molar-refractivity contribution in [2.75, 3.05) is 10.6 Å². The van der Waals surface area contributed by atoms with Gasteiger partial charge in [-0.05, 0) is 12.1 Å². The molecule has 0 bridgehead atoms. The lowest BCUT2D eigenvalue weighted by Crippen LogP contribution is -2.26. The second kappa shape index (κ2) is 5.67. The van der Waals surface area contributed by atoms with Crippen LogP contribution in [0, 0.1) is 0 Å². The van der Waals surface area contributed by atoms with Gasteiger partial charge in [0.05, 0.1) is 10.7 Å². The molecule has 2 rings (SSSR count). The second-order valence-electron chi connectivity index (χ2n) is 3.86. The Morgan fingerprint density at radius 2 is 2.21 bits per heavy atom. The van der Waals surface area contributed by atoms with Crippen LogP contribution >= 0.6 is 11.6 Å². The van der Waals surface area contributed by atoms with Crippen LogP contribution in [-0.4, -0.2) is 15.9 Å². The van der Waals surface area contributed by atoms with E-state index in [-0.39, 0.29) is 5.91 Å². The Kier molecular flexibility index (Phi) is 3.97. The van der Waals surface area contributed by atoms with Crippen molar-refractivity contribution < 1.29 is 4.79 Å². The molecule has 1 amide bonds. The Morgan fingerprint density at radius 1 is 1.42 bits per heavy atom. The molecule has 0 saturated heterocycles. The van der Waals surface area contributed by atoms with Gasteiger partial charge in [-0.2, -0.15) is 0 Å². The van der Waals surface area contributed by atoms with Crippen LogP contribution in [0.2, 0.25) is 5.02 Å². The number of hydrogen-bond acceptors (Lipinski definition) is 4. The van der Waals surface area contributed by atoms with E-state index in [2.05, 4.69) is 9.97 Å². The molecule has 6 heteroatoms. The molecule has 0 saturated carbocycles. The van der Waals surface area contributed by atoms with Crippen molar-refractivity contribution in [2.45, 2.75) is 13.3 Å². The second-order valence-corrected chi connectivity index (χ2v) is 4.26. The van der Waals surface area contributed by atoms with Crippen molar-refractivity contribution in [3.05, 3.63) is 41.8 Å². The molecular weight excluding hydrogens is 264 g/mol. The molecule has 5 nitrogen and oxygen atoms in total. The molecule has 2 heterocycles. The van der Waals surface area contributed by atoms with Crippen molar-refractivity contribution >= 4 is 34.7 Å². The fourth-order valence-corrected chi connectivity index (χ4v) is 1.85. The predicted octanol–water partition coefficient (Wildman–Crippen LogP) is 2.79. The Bertz CT molecular complexity index is 603. The van der Waals surface area contributed by atoms with E-state index in [9.17, 15) is 4.79 Å². The molecule has 2 N–H and O–H groups in total. The fourth-order valence-electron chi connectivity index (χ4n) is 1.65. The molecule has 0 fully saturated rings. The molecule has 0 atom stereocenters. The van der Waals surface area contributed by atoms with Gasteiger partial charge in [0, 0.05) is 36.8 Å². The van der Waals surface area contributed by atoms with Gasteiger partial charge in [-0.15, -0.1) is 0 Å². The lowest BCUT2D eigenvalue weighted by Gasteiger charge is -2.22. The molecule has 0 aliphatic carbocycles. The number of halogens is 1. The summed E-state index contributed by atoms with van der Waals surface area (Å²) in [6, 6.07) is 4.96. The summed E-state index contributed by atoms with van der Waals surface area (Å²) in [6.45, 7) is 1.77. The summed E-state index contributed by atoms with van der Waals surface area (Å²) >= 11 is 6.09. The Hall–Kier alpha value is -2.14. The lowest BCUT2D eigenvalue weighted by molar-refractivity contribution is -0.117. The minimum Gasteiger partial charge on any atom is -0.399 e. The molecule has 19 heavy (non-hydrogen) atoms. The maximum atomic E-state index is 12.1. The molecule has 0 spiro atoms. The molecule has 2 aromatic rings. The van der Waals surface area contributed by atoms with Crippen molar-refractivity contribution in [3.63, 3.8) is 0 Å². The number of pyridine rings is 2. The van der Waals surface area contributed by atoms with E-state index in [1.54, 1.807) is 37.5 Å². The first kappa shape index (κ1) is 13.3. The molecular formula is C13H13ClN4O. The van der Waals surface area contributed by atoms with E-state index in [1.807, 2.05) is 0 Å². The highest BCUT2D eigenvalue weighted by atomic mass is 35.5. The average Bonchev–Trinajstić information content (AvgIpc) is 2.41. The maximum Gasteiger partial charge on any atom is 0.232 e. The van der Waals surface area contributed by atoms with Gasteiger partial charge < -0.3 is 5.73 Å². The monoisotopic (exact) mass is 276 g/mol. The Labute approximate surface area is 116 Å². The number of nitrogens with zero attached hydrogens (tertiary/aromatic N) is 3. The van der Waals surface area contributed by atoms with Crippen LogP contribution in [0.1, 0.15) is 13.3 Å². The van der Waals surface area contributed by atoms with E-state index < -0.39 is 0 Å². The van der Waals surface area contributed by atoms with Gasteiger partial charge in [0.1, 0.15) is 5.82 Å². The number of anilines is 3. The van der Waals surface area contributed by atoms with Gasteiger partial charge in [0.15, 0.2) is 0 Å². The van der Waals surface area contributed by atoms with Gasteiger partial charge in [-0.1, -0.05) is 18.5 Å². The van der Waals surface area contributed by atoms with Crippen LogP contribution in [0.15, 0.2) is 36.8 Å². The Balaban J connectivity index is 2.54. The van der Waals surface area contributed by atoms with Gasteiger partial charge >= 0.3 is 0 Å². The third-order valence-corrected chi connectivity index (χ3v) is 2.83. The summed E-state index contributed by atoms with van der Waals surface area (Å²) in [5, 5.41) is 0.383. The zero-order valence-electron chi connectivity index (χ0n) is 10.4. The normalized spacial score (nSPS) is 10.2. The first-order chi connectivity index (χ1) is 9.13. The third-order valence-electron chi connectivity index (χ3n) is 2.54. The first-order valence-electron chi connectivity index (χ1n) is 5.77. The summed E-state index contributed by atoms with van der Waals surface area (Å²) in [5.41, 5.74) is 6.81. The summed E-state index contributed by atoms with van der Waals surface area (Å²) < 4.78 is 0. The predicted molar refractivity (Wildman–Crippen MR) is 75.3 cm³/mol. The molecule has 98 valence electrons. The number of nitrogens with two attached hydrogens (primary N) is 1. The van der Waals surface area contributed by atoms with E-state index in [1.165, 1.54) is 11.1 Å². The minimum atomic E-state index is -0.119. The van der Waals surface area contributed by atoms with Crippen LogP contribution in [-0.2, 0) is 4.79 Å². The zero-order valence-corrected chi connectivity index (χ0v) is 11.1. The largest absolute Gasteiger partial charge is 0.399 e. The highest BCUT2D eigenvalue weighted by Gasteiger charge is 2.20. The van der Waals surface area contributed by atoms with E-state index in [4.69, 9.17) is 17.3 Å². The first-order valence-corrected chi connectivity index (χ1v) is 6.15. The average molecular weight is 277 g/mol.